The van der Waals surface area contributed by atoms with E-state index >= 15 is 0 Å². The van der Waals surface area contributed by atoms with Crippen LogP contribution in [0.1, 0.15) is 121 Å². The average Bonchev–Trinajstić information content (AvgIpc) is 3.38. The zero-order chi connectivity index (χ0) is 27.1. The monoisotopic (exact) mass is 549 g/mol. The molecule has 1 atom stereocenters. The topological polar surface area (TPSA) is 51.5 Å². The third kappa shape index (κ3) is 9.63. The Balaban J connectivity index is 1.05. The van der Waals surface area contributed by atoms with Gasteiger partial charge in [-0.05, 0) is 36.8 Å². The van der Waals surface area contributed by atoms with Crippen molar-refractivity contribution in [2.24, 2.45) is 0 Å². The fourth-order valence-corrected chi connectivity index (χ4v) is 6.49. The molecule has 4 rings (SSSR count). The molecule has 0 amide bonds. The van der Waals surface area contributed by atoms with Gasteiger partial charge in [0.25, 0.3) is 0 Å². The fourth-order valence-electron chi connectivity index (χ4n) is 5.35. The molecule has 1 aromatic heterocycles. The summed E-state index contributed by atoms with van der Waals surface area (Å²) in [4.78, 5) is 13.9. The Kier molecular flexibility index (Phi) is 12.6. The average molecular weight is 550 g/mol. The molecule has 0 aliphatic carbocycles. The molecule has 39 heavy (non-hydrogen) atoms. The van der Waals surface area contributed by atoms with Gasteiger partial charge in [0.2, 0.25) is 0 Å². The second kappa shape index (κ2) is 16.6. The highest BCUT2D eigenvalue weighted by molar-refractivity contribution is 8.00. The molecule has 1 aliphatic rings. The molecule has 2 aromatic carbocycles. The maximum atomic E-state index is 12.7. The number of unbranched alkanes of at least 4 members (excludes halogenated alkanes) is 15. The maximum absolute atomic E-state index is 12.7. The van der Waals surface area contributed by atoms with Crippen LogP contribution in [0, 0.1) is 0 Å². The van der Waals surface area contributed by atoms with E-state index in [4.69, 9.17) is 9.15 Å². The molecule has 1 N–H and O–H groups in total. The van der Waals surface area contributed by atoms with Crippen LogP contribution < -0.4 is 15.7 Å². The Hall–Kier alpha value is -2.40. The molecule has 212 valence electrons. The van der Waals surface area contributed by atoms with Gasteiger partial charge in [-0.15, -0.1) is 0 Å². The summed E-state index contributed by atoms with van der Waals surface area (Å²) in [6.45, 7) is 2.99. The molecule has 0 saturated carbocycles. The summed E-state index contributed by atoms with van der Waals surface area (Å²) in [5.74, 6) is 0.764. The molecule has 4 nitrogen and oxygen atoms in total. The van der Waals surface area contributed by atoms with Gasteiger partial charge in [0.15, 0.2) is 0 Å². The van der Waals surface area contributed by atoms with Gasteiger partial charge < -0.3 is 14.5 Å². The first-order valence-electron chi connectivity index (χ1n) is 15.5. The number of thioether (sulfide) groups is 1. The molecule has 0 saturated heterocycles. The highest BCUT2D eigenvalue weighted by Gasteiger charge is 2.25. The third-order valence-electron chi connectivity index (χ3n) is 7.70. The van der Waals surface area contributed by atoms with Gasteiger partial charge in [-0.3, -0.25) is 0 Å². The van der Waals surface area contributed by atoms with Gasteiger partial charge in [0, 0.05) is 22.0 Å². The zero-order valence-corrected chi connectivity index (χ0v) is 24.7. The minimum atomic E-state index is -0.296. The Morgan fingerprint density at radius 3 is 2.03 bits per heavy atom. The summed E-state index contributed by atoms with van der Waals surface area (Å²) in [5, 5.41) is 4.20. The van der Waals surface area contributed by atoms with E-state index in [9.17, 15) is 4.79 Å². The van der Waals surface area contributed by atoms with Gasteiger partial charge >= 0.3 is 5.63 Å². The highest BCUT2D eigenvalue weighted by Crippen LogP contribution is 2.45. The summed E-state index contributed by atoms with van der Waals surface area (Å²) in [5.41, 5.74) is 1.99. The van der Waals surface area contributed by atoms with E-state index in [-0.39, 0.29) is 11.0 Å². The number of benzene rings is 2. The van der Waals surface area contributed by atoms with Crippen molar-refractivity contribution in [2.45, 2.75) is 120 Å². The molecule has 1 unspecified atom stereocenters. The van der Waals surface area contributed by atoms with Crippen molar-refractivity contribution >= 4 is 28.4 Å². The van der Waals surface area contributed by atoms with Gasteiger partial charge in [-0.2, -0.15) is 0 Å². The molecule has 0 fully saturated rings. The van der Waals surface area contributed by atoms with E-state index < -0.39 is 0 Å². The quantitative estimate of drug-likeness (QED) is 0.119. The first kappa shape index (κ1) is 29.6. The lowest BCUT2D eigenvalue weighted by Crippen LogP contribution is -2.13. The number of hydrogen-bond donors (Lipinski definition) is 1. The number of para-hydroxylation sites is 1. The Morgan fingerprint density at radius 2 is 1.38 bits per heavy atom. The summed E-state index contributed by atoms with van der Waals surface area (Å²) in [6.07, 6.45) is 21.8. The summed E-state index contributed by atoms with van der Waals surface area (Å²) in [7, 11) is 0. The number of ether oxygens (including phenoxy) is 1. The molecule has 0 spiro atoms. The zero-order valence-electron chi connectivity index (χ0n) is 23.8. The molecule has 1 aliphatic heterocycles. The lowest BCUT2D eigenvalue weighted by Gasteiger charge is -2.11. The largest absolute Gasteiger partial charge is 0.493 e. The van der Waals surface area contributed by atoms with Gasteiger partial charge in [-0.25, -0.2) is 4.79 Å². The van der Waals surface area contributed by atoms with Crippen LogP contribution in [0.2, 0.25) is 0 Å². The maximum Gasteiger partial charge on any atom is 0.342 e. The van der Waals surface area contributed by atoms with E-state index in [1.165, 1.54) is 96.3 Å². The van der Waals surface area contributed by atoms with Crippen molar-refractivity contribution in [3.63, 3.8) is 0 Å². The van der Waals surface area contributed by atoms with Gasteiger partial charge in [0.1, 0.15) is 16.7 Å². The predicted octanol–water partition coefficient (Wildman–Crippen LogP) is 10.6. The van der Waals surface area contributed by atoms with E-state index in [1.54, 1.807) is 11.8 Å². The van der Waals surface area contributed by atoms with Crippen molar-refractivity contribution in [1.29, 1.82) is 0 Å². The number of fused-ring (bicyclic) bond motifs is 2. The van der Waals surface area contributed by atoms with Crippen LogP contribution in [0.4, 0.5) is 5.69 Å². The van der Waals surface area contributed by atoms with Crippen molar-refractivity contribution in [3.8, 4) is 5.75 Å². The second-order valence-electron chi connectivity index (χ2n) is 11.0. The summed E-state index contributed by atoms with van der Waals surface area (Å²) < 4.78 is 11.7. The Labute approximate surface area is 239 Å². The predicted molar refractivity (Wildman–Crippen MR) is 166 cm³/mol. The van der Waals surface area contributed by atoms with Gasteiger partial charge in [-0.1, -0.05) is 127 Å². The number of anilines is 1. The first-order valence-corrected chi connectivity index (χ1v) is 16.4. The molecule has 5 heteroatoms. The van der Waals surface area contributed by atoms with Gasteiger partial charge in [0.05, 0.1) is 12.2 Å². The van der Waals surface area contributed by atoms with Crippen LogP contribution in [0.5, 0.6) is 5.75 Å². The van der Waals surface area contributed by atoms with Crippen molar-refractivity contribution < 1.29 is 9.15 Å². The van der Waals surface area contributed by atoms with E-state index in [0.29, 0.717) is 17.8 Å². The van der Waals surface area contributed by atoms with Crippen LogP contribution in [-0.2, 0) is 0 Å². The lowest BCUT2D eigenvalue weighted by molar-refractivity contribution is 0.304. The highest BCUT2D eigenvalue weighted by atomic mass is 32.2. The Morgan fingerprint density at radius 1 is 0.769 bits per heavy atom. The van der Waals surface area contributed by atoms with E-state index in [1.807, 2.05) is 42.5 Å². The third-order valence-corrected chi connectivity index (χ3v) is 8.92. The standard InChI is InChI=1S/C34H47NO3S/c1-2-3-4-5-6-7-8-9-10-11-12-13-14-15-16-19-24-37-28-23-22-27-25-29(34(36)38-31(27)26-28)33-35-30-20-17-18-21-32(30)39-33/h17-18,20-23,25-26,33,35H,2-16,19,24H2,1H3. The second-order valence-corrected chi connectivity index (χ2v) is 12.1. The fraction of sp³-hybridized carbons (Fsp3) is 0.559. The summed E-state index contributed by atoms with van der Waals surface area (Å²) >= 11 is 1.65. The number of nitrogens with one attached hydrogen (secondary N) is 1. The molecule has 2 heterocycles. The van der Waals surface area contributed by atoms with Crippen LogP contribution in [-0.4, -0.2) is 6.61 Å². The minimum Gasteiger partial charge on any atom is -0.493 e. The number of hydrogen-bond acceptors (Lipinski definition) is 5. The van der Waals surface area contributed by atoms with Crippen LogP contribution in [0.15, 0.2) is 62.6 Å². The van der Waals surface area contributed by atoms with E-state index in [2.05, 4.69) is 18.3 Å². The lowest BCUT2D eigenvalue weighted by atomic mass is 10.0. The van der Waals surface area contributed by atoms with E-state index in [0.717, 1.165) is 28.1 Å². The Bertz CT molecular complexity index is 1170. The van der Waals surface area contributed by atoms with Crippen LogP contribution in [0.3, 0.4) is 0 Å². The normalized spacial score (nSPS) is 14.4. The van der Waals surface area contributed by atoms with Crippen molar-refractivity contribution in [1.82, 2.24) is 0 Å². The SMILES string of the molecule is CCCCCCCCCCCCCCCCCCOc1ccc2cc(C3Nc4ccccc4S3)c(=O)oc2c1. The van der Waals surface area contributed by atoms with Crippen LogP contribution in [0.25, 0.3) is 11.0 Å². The molecular formula is C34H47NO3S. The first-order chi connectivity index (χ1) is 19.2. The van der Waals surface area contributed by atoms with Crippen LogP contribution >= 0.6 is 11.8 Å². The number of rotatable bonds is 19. The van der Waals surface area contributed by atoms with Crippen molar-refractivity contribution in [3.05, 3.63) is 64.5 Å². The molecule has 3 aromatic rings. The van der Waals surface area contributed by atoms with Crippen molar-refractivity contribution in [2.75, 3.05) is 11.9 Å². The molecule has 0 bridgehead atoms. The minimum absolute atomic E-state index is 0.131. The smallest absolute Gasteiger partial charge is 0.342 e. The summed E-state index contributed by atoms with van der Waals surface area (Å²) in [6, 6.07) is 15.9. The molecular weight excluding hydrogens is 502 g/mol. The molecule has 0 radical (unpaired) electrons.